The van der Waals surface area contributed by atoms with E-state index in [0.29, 0.717) is 12.1 Å². The average Bonchev–Trinajstić information content (AvgIpc) is 2.45. The number of hydrogen-bond acceptors (Lipinski definition) is 3. The SMILES string of the molecule is CCCCCCC(=O)Nc1ccccc1S[C@@H](C)C(=O)O. The minimum Gasteiger partial charge on any atom is -0.480 e. The van der Waals surface area contributed by atoms with E-state index < -0.39 is 11.2 Å². The van der Waals surface area contributed by atoms with Gasteiger partial charge in [0, 0.05) is 11.3 Å². The van der Waals surface area contributed by atoms with E-state index >= 15 is 0 Å². The molecule has 1 aromatic carbocycles. The lowest BCUT2D eigenvalue weighted by atomic mass is 10.1. The van der Waals surface area contributed by atoms with E-state index in [1.165, 1.54) is 11.8 Å². The summed E-state index contributed by atoms with van der Waals surface area (Å²) < 4.78 is 0. The lowest BCUT2D eigenvalue weighted by Gasteiger charge is -2.12. The van der Waals surface area contributed by atoms with E-state index in [9.17, 15) is 9.59 Å². The molecule has 1 aromatic rings. The van der Waals surface area contributed by atoms with E-state index in [1.54, 1.807) is 13.0 Å². The number of carbonyl (C=O) groups excluding carboxylic acids is 1. The van der Waals surface area contributed by atoms with Crippen molar-refractivity contribution in [1.82, 2.24) is 0 Å². The second kappa shape index (κ2) is 9.45. The van der Waals surface area contributed by atoms with E-state index in [-0.39, 0.29) is 5.91 Å². The number of aliphatic carboxylic acids is 1. The molecule has 0 fully saturated rings. The number of amides is 1. The lowest BCUT2D eigenvalue weighted by Crippen LogP contribution is -2.14. The number of nitrogens with one attached hydrogen (secondary N) is 1. The molecule has 116 valence electrons. The quantitative estimate of drug-likeness (QED) is 0.531. The van der Waals surface area contributed by atoms with Crippen LogP contribution in [0.1, 0.15) is 46.0 Å². The Morgan fingerprint density at radius 3 is 2.62 bits per heavy atom. The highest BCUT2D eigenvalue weighted by molar-refractivity contribution is 8.00. The first kappa shape index (κ1) is 17.6. The fourth-order valence-corrected chi connectivity index (χ4v) is 2.72. The van der Waals surface area contributed by atoms with Crippen LogP contribution in [0.3, 0.4) is 0 Å². The highest BCUT2D eigenvalue weighted by Gasteiger charge is 2.15. The number of carboxylic acid groups (broad SMARTS) is 1. The first-order valence-electron chi connectivity index (χ1n) is 7.33. The molecule has 0 aromatic heterocycles. The Labute approximate surface area is 130 Å². The van der Waals surface area contributed by atoms with Crippen molar-refractivity contribution in [3.05, 3.63) is 24.3 Å². The average molecular weight is 309 g/mol. The Bertz CT molecular complexity index is 476. The number of hydrogen-bond donors (Lipinski definition) is 2. The number of anilines is 1. The predicted molar refractivity (Wildman–Crippen MR) is 86.8 cm³/mol. The highest BCUT2D eigenvalue weighted by Crippen LogP contribution is 2.30. The number of para-hydroxylation sites is 1. The van der Waals surface area contributed by atoms with Gasteiger partial charge in [-0.2, -0.15) is 0 Å². The van der Waals surface area contributed by atoms with Gasteiger partial charge in [-0.05, 0) is 25.5 Å². The van der Waals surface area contributed by atoms with Crippen LogP contribution in [0.15, 0.2) is 29.2 Å². The van der Waals surface area contributed by atoms with Crippen LogP contribution < -0.4 is 5.32 Å². The summed E-state index contributed by atoms with van der Waals surface area (Å²) in [6.45, 7) is 3.77. The molecule has 1 atom stereocenters. The zero-order valence-electron chi connectivity index (χ0n) is 12.6. The molecule has 0 radical (unpaired) electrons. The Hall–Kier alpha value is -1.49. The van der Waals surface area contributed by atoms with E-state index in [1.807, 2.05) is 18.2 Å². The summed E-state index contributed by atoms with van der Waals surface area (Å²) in [6, 6.07) is 7.31. The largest absolute Gasteiger partial charge is 0.480 e. The first-order chi connectivity index (χ1) is 10.0. The number of benzene rings is 1. The van der Waals surface area contributed by atoms with Gasteiger partial charge in [-0.25, -0.2) is 0 Å². The lowest BCUT2D eigenvalue weighted by molar-refractivity contribution is -0.136. The van der Waals surface area contributed by atoms with Crippen LogP contribution in [0, 0.1) is 0 Å². The van der Waals surface area contributed by atoms with Gasteiger partial charge in [0.2, 0.25) is 5.91 Å². The summed E-state index contributed by atoms with van der Waals surface area (Å²) >= 11 is 1.24. The molecule has 0 saturated carbocycles. The number of rotatable bonds is 9. The normalized spacial score (nSPS) is 11.9. The number of unbranched alkanes of at least 4 members (excludes halogenated alkanes) is 3. The van der Waals surface area contributed by atoms with Gasteiger partial charge in [0.05, 0.1) is 5.69 Å². The topological polar surface area (TPSA) is 66.4 Å². The van der Waals surface area contributed by atoms with Gasteiger partial charge >= 0.3 is 5.97 Å². The zero-order valence-corrected chi connectivity index (χ0v) is 13.4. The summed E-state index contributed by atoms with van der Waals surface area (Å²) in [6.07, 6.45) is 4.76. The highest BCUT2D eigenvalue weighted by atomic mass is 32.2. The van der Waals surface area contributed by atoms with Crippen molar-refractivity contribution in [1.29, 1.82) is 0 Å². The maximum atomic E-state index is 11.9. The fourth-order valence-electron chi connectivity index (χ4n) is 1.84. The van der Waals surface area contributed by atoms with Crippen molar-refractivity contribution in [2.75, 3.05) is 5.32 Å². The fraction of sp³-hybridized carbons (Fsp3) is 0.500. The minimum absolute atomic E-state index is 0.0119. The number of thioether (sulfide) groups is 1. The number of carbonyl (C=O) groups is 2. The van der Waals surface area contributed by atoms with Gasteiger partial charge < -0.3 is 10.4 Å². The van der Waals surface area contributed by atoms with Crippen molar-refractivity contribution in [2.45, 2.75) is 56.1 Å². The summed E-state index contributed by atoms with van der Waals surface area (Å²) in [5.74, 6) is -0.872. The van der Waals surface area contributed by atoms with Crippen LogP contribution in [-0.4, -0.2) is 22.2 Å². The predicted octanol–water partition coefficient (Wildman–Crippen LogP) is 4.16. The van der Waals surface area contributed by atoms with Gasteiger partial charge in [-0.3, -0.25) is 9.59 Å². The molecular formula is C16H23NO3S. The molecule has 1 amide bonds. The molecule has 0 aliphatic heterocycles. The van der Waals surface area contributed by atoms with Gasteiger partial charge in [-0.1, -0.05) is 38.3 Å². The number of carboxylic acids is 1. The second-order valence-corrected chi connectivity index (χ2v) is 6.34. The molecule has 0 bridgehead atoms. The van der Waals surface area contributed by atoms with Gasteiger partial charge in [0.25, 0.3) is 0 Å². The molecule has 0 aliphatic rings. The van der Waals surface area contributed by atoms with Crippen LogP contribution in [0.5, 0.6) is 0 Å². The zero-order chi connectivity index (χ0) is 15.7. The van der Waals surface area contributed by atoms with Crippen LogP contribution in [0.25, 0.3) is 0 Å². The van der Waals surface area contributed by atoms with Gasteiger partial charge in [0.15, 0.2) is 0 Å². The van der Waals surface area contributed by atoms with E-state index in [0.717, 1.165) is 30.6 Å². The van der Waals surface area contributed by atoms with Crippen molar-refractivity contribution in [3.8, 4) is 0 Å². The standard InChI is InChI=1S/C16H23NO3S/c1-3-4-5-6-11-15(18)17-13-9-7-8-10-14(13)21-12(2)16(19)20/h7-10,12H,3-6,11H2,1-2H3,(H,17,18)(H,19,20)/t12-/m0/s1. The summed E-state index contributed by atoms with van der Waals surface area (Å²) in [7, 11) is 0. The van der Waals surface area contributed by atoms with Crippen LogP contribution >= 0.6 is 11.8 Å². The third-order valence-corrected chi connectivity index (χ3v) is 4.24. The molecule has 0 spiro atoms. The Morgan fingerprint density at radius 1 is 1.24 bits per heavy atom. The molecule has 1 rings (SSSR count). The van der Waals surface area contributed by atoms with Crippen molar-refractivity contribution in [3.63, 3.8) is 0 Å². The smallest absolute Gasteiger partial charge is 0.316 e. The molecule has 0 saturated heterocycles. The third-order valence-electron chi connectivity index (χ3n) is 3.07. The molecular weight excluding hydrogens is 286 g/mol. The van der Waals surface area contributed by atoms with Gasteiger partial charge in [0.1, 0.15) is 5.25 Å². The maximum Gasteiger partial charge on any atom is 0.316 e. The molecule has 2 N–H and O–H groups in total. The monoisotopic (exact) mass is 309 g/mol. The van der Waals surface area contributed by atoms with Crippen molar-refractivity contribution in [2.24, 2.45) is 0 Å². The summed E-state index contributed by atoms with van der Waals surface area (Å²) in [4.78, 5) is 23.6. The summed E-state index contributed by atoms with van der Waals surface area (Å²) in [5, 5.41) is 11.3. The van der Waals surface area contributed by atoms with Crippen molar-refractivity contribution >= 4 is 29.3 Å². The maximum absolute atomic E-state index is 11.9. The third kappa shape index (κ3) is 6.67. The minimum atomic E-state index is -0.860. The Kier molecular flexibility index (Phi) is 7.90. The first-order valence-corrected chi connectivity index (χ1v) is 8.21. The molecule has 0 aliphatic carbocycles. The molecule has 5 heteroatoms. The Balaban J connectivity index is 2.58. The second-order valence-electron chi connectivity index (χ2n) is 4.95. The van der Waals surface area contributed by atoms with E-state index in [4.69, 9.17) is 5.11 Å². The van der Waals surface area contributed by atoms with E-state index in [2.05, 4.69) is 12.2 Å². The van der Waals surface area contributed by atoms with Crippen LogP contribution in [0.2, 0.25) is 0 Å². The van der Waals surface area contributed by atoms with Crippen LogP contribution in [0.4, 0.5) is 5.69 Å². The van der Waals surface area contributed by atoms with Crippen molar-refractivity contribution < 1.29 is 14.7 Å². The molecule has 0 unspecified atom stereocenters. The summed E-state index contributed by atoms with van der Waals surface area (Å²) in [5.41, 5.74) is 0.691. The molecule has 21 heavy (non-hydrogen) atoms. The molecule has 0 heterocycles. The molecule has 4 nitrogen and oxygen atoms in total. The van der Waals surface area contributed by atoms with Gasteiger partial charge in [-0.15, -0.1) is 11.8 Å². The van der Waals surface area contributed by atoms with Crippen LogP contribution in [-0.2, 0) is 9.59 Å². The Morgan fingerprint density at radius 2 is 1.95 bits per heavy atom.